The van der Waals surface area contributed by atoms with Crippen LogP contribution < -0.4 is 4.31 Å². The van der Waals surface area contributed by atoms with E-state index >= 15 is 0 Å². The molecular weight excluding hydrogens is 348 g/mol. The first-order valence-electron chi connectivity index (χ1n) is 8.91. The van der Waals surface area contributed by atoms with Gasteiger partial charge in [0.15, 0.2) is 0 Å². The molecule has 138 valence electrons. The average molecular weight is 372 g/mol. The van der Waals surface area contributed by atoms with Gasteiger partial charge in [-0.1, -0.05) is 18.2 Å². The zero-order valence-corrected chi connectivity index (χ0v) is 16.2. The summed E-state index contributed by atoms with van der Waals surface area (Å²) in [4.78, 5) is 14.6. The van der Waals surface area contributed by atoms with Crippen LogP contribution in [0.4, 0.5) is 5.69 Å². The number of rotatable bonds is 5. The molecule has 1 aliphatic rings. The van der Waals surface area contributed by atoms with Crippen LogP contribution in [0.5, 0.6) is 0 Å². The van der Waals surface area contributed by atoms with Crippen LogP contribution in [0.15, 0.2) is 53.4 Å². The van der Waals surface area contributed by atoms with Crippen LogP contribution in [0.3, 0.4) is 0 Å². The van der Waals surface area contributed by atoms with Crippen LogP contribution >= 0.6 is 0 Å². The summed E-state index contributed by atoms with van der Waals surface area (Å²) < 4.78 is 27.6. The molecule has 6 heteroatoms. The Morgan fingerprint density at radius 2 is 1.77 bits per heavy atom. The largest absolute Gasteiger partial charge is 0.339 e. The number of carbonyl (C=O) groups is 1. The minimum atomic E-state index is -3.62. The number of hydrogen-bond donors (Lipinski definition) is 0. The van der Waals surface area contributed by atoms with Gasteiger partial charge < -0.3 is 4.90 Å². The number of benzene rings is 2. The van der Waals surface area contributed by atoms with Crippen molar-refractivity contribution in [2.75, 3.05) is 17.4 Å². The summed E-state index contributed by atoms with van der Waals surface area (Å²) in [6.45, 7) is 7.09. The number of hydrogen-bond acceptors (Lipinski definition) is 3. The molecule has 5 nitrogen and oxygen atoms in total. The molecule has 1 amide bonds. The standard InChI is InChI=1S/C20H24N2O3S/c1-4-21(5-2)20(23)16-11-12-19-17(14-16)13-15(3)22(19)26(24,25)18-9-7-6-8-10-18/h6-12,14-15H,4-5,13H2,1-3H3/t15-/m1/s1. The number of fused-ring (bicyclic) bond motifs is 1. The van der Waals surface area contributed by atoms with E-state index in [0.29, 0.717) is 30.8 Å². The van der Waals surface area contributed by atoms with Crippen LogP contribution in [-0.2, 0) is 16.4 Å². The third-order valence-corrected chi connectivity index (χ3v) is 6.77. The van der Waals surface area contributed by atoms with Gasteiger partial charge in [-0.25, -0.2) is 8.42 Å². The van der Waals surface area contributed by atoms with Crippen molar-refractivity contribution in [3.63, 3.8) is 0 Å². The number of sulfonamides is 1. The van der Waals surface area contributed by atoms with E-state index in [1.165, 1.54) is 4.31 Å². The molecule has 0 saturated heterocycles. The van der Waals surface area contributed by atoms with Crippen molar-refractivity contribution in [1.82, 2.24) is 4.90 Å². The quantitative estimate of drug-likeness (QED) is 0.809. The summed E-state index contributed by atoms with van der Waals surface area (Å²) in [7, 11) is -3.62. The van der Waals surface area contributed by atoms with E-state index in [1.54, 1.807) is 47.4 Å². The Balaban J connectivity index is 1.99. The van der Waals surface area contributed by atoms with Gasteiger partial charge in [0.2, 0.25) is 0 Å². The summed E-state index contributed by atoms with van der Waals surface area (Å²) in [6, 6.07) is 13.6. The molecule has 0 bridgehead atoms. The van der Waals surface area contributed by atoms with Crippen molar-refractivity contribution < 1.29 is 13.2 Å². The Morgan fingerprint density at radius 3 is 2.38 bits per heavy atom. The summed E-state index contributed by atoms with van der Waals surface area (Å²) in [5, 5.41) is 0. The van der Waals surface area contributed by atoms with E-state index in [-0.39, 0.29) is 16.8 Å². The molecule has 0 aliphatic carbocycles. The first kappa shape index (κ1) is 18.5. The van der Waals surface area contributed by atoms with Crippen molar-refractivity contribution in [2.45, 2.75) is 38.1 Å². The summed E-state index contributed by atoms with van der Waals surface area (Å²) in [5.41, 5.74) is 2.17. The van der Waals surface area contributed by atoms with E-state index in [1.807, 2.05) is 26.8 Å². The molecular formula is C20H24N2O3S. The molecule has 0 radical (unpaired) electrons. The minimum absolute atomic E-state index is 0.0187. The molecule has 1 aliphatic heterocycles. The fourth-order valence-corrected chi connectivity index (χ4v) is 5.22. The lowest BCUT2D eigenvalue weighted by molar-refractivity contribution is 0.0773. The second kappa shape index (κ2) is 7.11. The average Bonchev–Trinajstić information content (AvgIpc) is 2.98. The van der Waals surface area contributed by atoms with E-state index in [9.17, 15) is 13.2 Å². The molecule has 0 spiro atoms. The maximum Gasteiger partial charge on any atom is 0.264 e. The van der Waals surface area contributed by atoms with Crippen molar-refractivity contribution in [1.29, 1.82) is 0 Å². The predicted octanol–water partition coefficient (Wildman–Crippen LogP) is 3.31. The van der Waals surface area contributed by atoms with Gasteiger partial charge in [0, 0.05) is 24.7 Å². The van der Waals surface area contributed by atoms with Crippen molar-refractivity contribution in [3.8, 4) is 0 Å². The molecule has 26 heavy (non-hydrogen) atoms. The van der Waals surface area contributed by atoms with Crippen molar-refractivity contribution in [3.05, 3.63) is 59.7 Å². The molecule has 0 fully saturated rings. The van der Waals surface area contributed by atoms with E-state index in [0.717, 1.165) is 5.56 Å². The smallest absolute Gasteiger partial charge is 0.264 e. The van der Waals surface area contributed by atoms with Gasteiger partial charge in [-0.3, -0.25) is 9.10 Å². The predicted molar refractivity (Wildman–Crippen MR) is 103 cm³/mol. The summed E-state index contributed by atoms with van der Waals surface area (Å²) >= 11 is 0. The van der Waals surface area contributed by atoms with Gasteiger partial charge in [-0.15, -0.1) is 0 Å². The Kier molecular flexibility index (Phi) is 5.05. The van der Waals surface area contributed by atoms with E-state index in [2.05, 4.69) is 0 Å². The zero-order chi connectivity index (χ0) is 18.9. The number of carbonyl (C=O) groups excluding carboxylic acids is 1. The van der Waals surface area contributed by atoms with Crippen LogP contribution in [0.25, 0.3) is 0 Å². The molecule has 1 heterocycles. The first-order valence-corrected chi connectivity index (χ1v) is 10.4. The molecule has 2 aromatic rings. The third-order valence-electron chi connectivity index (χ3n) is 4.83. The summed E-state index contributed by atoms with van der Waals surface area (Å²) in [6.07, 6.45) is 0.598. The minimum Gasteiger partial charge on any atom is -0.339 e. The normalized spacial score (nSPS) is 16.4. The Labute approximate surface area is 155 Å². The zero-order valence-electron chi connectivity index (χ0n) is 15.3. The van der Waals surface area contributed by atoms with Crippen molar-refractivity contribution >= 4 is 21.6 Å². The number of amides is 1. The highest BCUT2D eigenvalue weighted by Gasteiger charge is 2.36. The fraction of sp³-hybridized carbons (Fsp3) is 0.350. The Bertz CT molecular complexity index is 906. The maximum atomic E-state index is 13.1. The Hall–Kier alpha value is -2.34. The number of nitrogens with zero attached hydrogens (tertiary/aromatic N) is 2. The van der Waals surface area contributed by atoms with E-state index in [4.69, 9.17) is 0 Å². The van der Waals surface area contributed by atoms with Crippen LogP contribution in [-0.4, -0.2) is 38.4 Å². The second-order valence-electron chi connectivity index (χ2n) is 6.49. The lowest BCUT2D eigenvalue weighted by atomic mass is 10.1. The SMILES string of the molecule is CCN(CC)C(=O)c1ccc2c(c1)C[C@@H](C)N2S(=O)(=O)c1ccccc1. The van der Waals surface area contributed by atoms with E-state index < -0.39 is 10.0 Å². The fourth-order valence-electron chi connectivity index (χ4n) is 3.50. The van der Waals surface area contributed by atoms with Crippen LogP contribution in [0.2, 0.25) is 0 Å². The molecule has 3 rings (SSSR count). The topological polar surface area (TPSA) is 57.7 Å². The van der Waals surface area contributed by atoms with Crippen LogP contribution in [0, 0.1) is 0 Å². The van der Waals surface area contributed by atoms with Gasteiger partial charge in [0.05, 0.1) is 10.6 Å². The Morgan fingerprint density at radius 1 is 1.12 bits per heavy atom. The second-order valence-corrected chi connectivity index (χ2v) is 8.30. The highest BCUT2D eigenvalue weighted by Crippen LogP contribution is 2.37. The highest BCUT2D eigenvalue weighted by molar-refractivity contribution is 7.92. The van der Waals surface area contributed by atoms with Gasteiger partial charge in [0.1, 0.15) is 0 Å². The van der Waals surface area contributed by atoms with Gasteiger partial charge >= 0.3 is 0 Å². The lowest BCUT2D eigenvalue weighted by Gasteiger charge is -2.24. The van der Waals surface area contributed by atoms with Gasteiger partial charge in [-0.05, 0) is 63.1 Å². The van der Waals surface area contributed by atoms with Crippen LogP contribution in [0.1, 0.15) is 36.7 Å². The molecule has 0 unspecified atom stereocenters. The molecule has 0 N–H and O–H groups in total. The number of anilines is 1. The van der Waals surface area contributed by atoms with Gasteiger partial charge in [0.25, 0.3) is 15.9 Å². The first-order chi connectivity index (χ1) is 12.4. The van der Waals surface area contributed by atoms with Gasteiger partial charge in [-0.2, -0.15) is 0 Å². The molecule has 0 aromatic heterocycles. The molecule has 2 aromatic carbocycles. The monoisotopic (exact) mass is 372 g/mol. The van der Waals surface area contributed by atoms with Crippen molar-refractivity contribution in [2.24, 2.45) is 0 Å². The molecule has 1 atom stereocenters. The summed E-state index contributed by atoms with van der Waals surface area (Å²) in [5.74, 6) is -0.0187. The third kappa shape index (κ3) is 3.09. The maximum absolute atomic E-state index is 13.1. The molecule has 0 saturated carbocycles. The highest BCUT2D eigenvalue weighted by atomic mass is 32.2. The lowest BCUT2D eigenvalue weighted by Crippen LogP contribution is -2.35.